The van der Waals surface area contributed by atoms with Gasteiger partial charge < -0.3 is 97.5 Å². The molecule has 0 saturated heterocycles. The van der Waals surface area contributed by atoms with E-state index in [0.717, 1.165) is 110 Å². The molecule has 28 heteroatoms. The molecule has 25 nitrogen and oxygen atoms in total. The average molecular weight is 1850 g/mol. The molecule has 648 valence electrons. The van der Waals surface area contributed by atoms with Gasteiger partial charge in [-0.1, -0.05) is 140 Å². The van der Waals surface area contributed by atoms with Gasteiger partial charge in [0.05, 0.1) is 51.5 Å². The Bertz CT molecular complexity index is 7430. The van der Waals surface area contributed by atoms with Crippen LogP contribution in [0, 0.1) is 16.2 Å². The SMILES string of the molecule is CC(C)(C)c1ccc2c(c1)-c1nc-2nc2[n-]c(nc3nc(nc4[n-]c(n1)CC4)-c1ccc(C(C)(C)C)cc1-3)c1ccc(C(C)(C)C)cc21.CC1(C)CCC2(CC1)Oc1cc3c(cc1O2)-c1nc-3nc2[n-]c(nc3nc(nc4[n-]c(n1)c1cc5c(cc41)OC1(CCC(C)(C)CC1)O5)-c1cc(Oc4ccc(S(=O)O)cc4)ccc1-3)c1cc3c(cc21)OC1(CCC(C)(C)CC1)O3.[Zn+2].[Zn+2]. The summed E-state index contributed by atoms with van der Waals surface area (Å²) < 4.78 is 68.6. The van der Waals surface area contributed by atoms with Gasteiger partial charge in [0.2, 0.25) is 0 Å². The fourth-order valence-electron chi connectivity index (χ4n) is 19.2. The third kappa shape index (κ3) is 15.0. The minimum atomic E-state index is -2.14. The fraction of sp³-hybridized carbons (Fsp3) is 0.373. The third-order valence-corrected chi connectivity index (χ3v) is 28.1. The maximum absolute atomic E-state index is 11.8. The van der Waals surface area contributed by atoms with Gasteiger partial charge in [0.25, 0.3) is 17.4 Å². The number of aryl methyl sites for hydroxylation is 2. The van der Waals surface area contributed by atoms with Crippen molar-refractivity contribution in [1.29, 1.82) is 0 Å². The second-order valence-corrected chi connectivity index (χ2v) is 42.6. The van der Waals surface area contributed by atoms with E-state index in [0.29, 0.717) is 195 Å². The van der Waals surface area contributed by atoms with E-state index in [1.165, 1.54) is 16.7 Å². The molecule has 1 unspecified atom stereocenters. The van der Waals surface area contributed by atoms with Crippen molar-refractivity contribution in [2.45, 2.75) is 232 Å². The molecule has 0 amide bonds. The monoisotopic (exact) mass is 1850 g/mol. The molecule has 11 aliphatic rings. The van der Waals surface area contributed by atoms with Crippen LogP contribution >= 0.6 is 0 Å². The Balaban J connectivity index is 0.000000175. The van der Waals surface area contributed by atoms with Crippen LogP contribution in [-0.4, -0.2) is 85.9 Å². The molecule has 0 radical (unpaired) electrons. The van der Waals surface area contributed by atoms with Crippen molar-refractivity contribution in [2.24, 2.45) is 16.2 Å². The molecule has 130 heavy (non-hydrogen) atoms. The number of aromatic nitrogens is 16. The predicted octanol–water partition coefficient (Wildman–Crippen LogP) is 22.1. The Labute approximate surface area is 779 Å². The van der Waals surface area contributed by atoms with Crippen molar-refractivity contribution in [3.8, 4) is 137 Å². The smallest absolute Gasteiger partial charge is 0.457 e. The molecular formula is C102H96N16O9SZn2. The summed E-state index contributed by atoms with van der Waals surface area (Å²) in [5.41, 5.74) is 13.1. The van der Waals surface area contributed by atoms with Crippen LogP contribution in [0.4, 0.5) is 0 Å². The zero-order valence-electron chi connectivity index (χ0n) is 75.8. The van der Waals surface area contributed by atoms with Crippen LogP contribution in [0.3, 0.4) is 0 Å². The Morgan fingerprint density at radius 1 is 0.300 bits per heavy atom. The van der Waals surface area contributed by atoms with Crippen molar-refractivity contribution in [2.75, 3.05) is 0 Å². The molecule has 13 heterocycles. The van der Waals surface area contributed by atoms with E-state index < -0.39 is 28.4 Å². The van der Waals surface area contributed by atoms with Gasteiger partial charge in [-0.2, -0.15) is 0 Å². The summed E-state index contributed by atoms with van der Waals surface area (Å²) in [7, 11) is 0. The standard InChI is InChI=1S/C62H56N8O9S.C40H40N8.2Zn/c1-57(2)13-19-60(20-14-57)74-43-26-37-38(27-44(43)75-60)53-66-51(37)64-49-35-12-9-33(73-32-7-10-34(11-8-32)80(71)72)25-36(35)50(63-49)65-52-39-28-45-46(77-61(76-45)21-15-58(3,4)16-22-61)29-40(39)54(67-52)69-56-42-31-48-47(30-41(42)55(68-53)70-56)78-62(79-48)23-17-59(5,6)18-24-62;1-38(2,3)21-11-14-25-27(18-21)35-43-31-17-16-30(41-31)42-32-24-13-10-22(39(4,5)6)19-28(24)36(44-32)47-34-26-15-12-23(40(7,8)9)20-29(26)37(48-34)46-33(25)45-35;;/h7-12,25-31H,13-24H2,1-6H3,(H-2,63,64,65,66,67,68,69,70,71,72);10-15,18-20H,16-17H2,1-9H3;;/q2*-2;2*+2. The van der Waals surface area contributed by atoms with E-state index in [1.54, 1.807) is 24.3 Å². The van der Waals surface area contributed by atoms with Crippen molar-refractivity contribution >= 4 is 77.3 Å². The minimum Gasteiger partial charge on any atom is -0.457 e. The van der Waals surface area contributed by atoms with Gasteiger partial charge in [-0.3, -0.25) is 0 Å². The molecular weight excluding hydrogens is 1760 g/mol. The van der Waals surface area contributed by atoms with Gasteiger partial charge in [0.1, 0.15) is 11.5 Å². The number of benzene rings is 8. The first kappa shape index (κ1) is 85.2. The van der Waals surface area contributed by atoms with Gasteiger partial charge in [-0.05, 0) is 242 Å². The first-order valence-electron chi connectivity index (χ1n) is 44.5. The Morgan fingerprint density at radius 3 is 0.931 bits per heavy atom. The summed E-state index contributed by atoms with van der Waals surface area (Å²) in [6.07, 6.45) is 11.6. The van der Waals surface area contributed by atoms with Gasteiger partial charge in [0.15, 0.2) is 45.6 Å². The molecule has 5 aromatic heterocycles. The fourth-order valence-corrected chi connectivity index (χ4v) is 19.6. The van der Waals surface area contributed by atoms with Crippen molar-refractivity contribution in [3.05, 3.63) is 162 Å². The molecule has 3 spiro atoms. The van der Waals surface area contributed by atoms with E-state index in [9.17, 15) is 8.76 Å². The average Bonchev–Trinajstić information content (AvgIpc) is 1.58. The van der Waals surface area contributed by atoms with E-state index in [4.69, 9.17) is 113 Å². The molecule has 1 N–H and O–H groups in total. The van der Waals surface area contributed by atoms with Crippen LogP contribution in [0.15, 0.2) is 138 Å². The molecule has 8 aliphatic heterocycles. The molecule has 13 aromatic rings. The minimum absolute atomic E-state index is 0. The molecule has 3 fully saturated rings. The maximum atomic E-state index is 11.8. The van der Waals surface area contributed by atoms with Gasteiger partial charge in [-0.15, -0.1) is 0 Å². The zero-order valence-corrected chi connectivity index (χ0v) is 82.5. The number of ether oxygens (including phenoxy) is 7. The van der Waals surface area contributed by atoms with Crippen molar-refractivity contribution < 1.29 is 80.9 Å². The van der Waals surface area contributed by atoms with Crippen LogP contribution in [0.25, 0.3) is 157 Å². The second-order valence-electron chi connectivity index (χ2n) is 41.6. The van der Waals surface area contributed by atoms with Crippen molar-refractivity contribution in [1.82, 2.24) is 79.7 Å². The van der Waals surface area contributed by atoms with Crippen LogP contribution in [0.5, 0.6) is 46.0 Å². The Kier molecular flexibility index (Phi) is 19.7. The number of fused-ring (bicyclic) bond motifs is 40. The summed E-state index contributed by atoms with van der Waals surface area (Å²) >= 11 is -2.14. The number of rotatable bonds is 3. The van der Waals surface area contributed by atoms with Gasteiger partial charge in [-0.25, -0.2) is 24.1 Å². The quantitative estimate of drug-likeness (QED) is 0.127. The Hall–Kier alpha value is -11.6. The summed E-state index contributed by atoms with van der Waals surface area (Å²) in [6.45, 7) is 33.7. The Morgan fingerprint density at radius 2 is 0.577 bits per heavy atom. The second kappa shape index (κ2) is 30.0. The van der Waals surface area contributed by atoms with E-state index in [2.05, 4.69) is 158 Å². The summed E-state index contributed by atoms with van der Waals surface area (Å²) in [5.74, 6) is 7.57. The zero-order chi connectivity index (χ0) is 88.0. The first-order valence-corrected chi connectivity index (χ1v) is 45.6. The summed E-state index contributed by atoms with van der Waals surface area (Å²) in [5, 5.41) is 4.59. The largest absolute Gasteiger partial charge is 2.00 e. The van der Waals surface area contributed by atoms with Crippen LogP contribution in [0.2, 0.25) is 0 Å². The summed E-state index contributed by atoms with van der Waals surface area (Å²) in [6, 6.07) is 43.2. The van der Waals surface area contributed by atoms with E-state index >= 15 is 0 Å². The maximum Gasteiger partial charge on any atom is 2.00 e. The topological polar surface area (TPSA) is 313 Å². The normalized spacial score (nSPS) is 17.9. The first-order chi connectivity index (χ1) is 60.9. The van der Waals surface area contributed by atoms with Crippen LogP contribution in [-0.2, 0) is 79.1 Å². The molecule has 16 bridgehead atoms. The molecule has 8 aromatic carbocycles. The number of hydrogen-bond acceptors (Lipinski definition) is 20. The van der Waals surface area contributed by atoms with Crippen molar-refractivity contribution in [3.63, 3.8) is 0 Å². The van der Waals surface area contributed by atoms with Crippen LogP contribution in [0.1, 0.15) is 209 Å². The molecule has 1 atom stereocenters. The molecule has 3 aliphatic carbocycles. The molecule has 24 rings (SSSR count). The third-order valence-electron chi connectivity index (χ3n) is 27.5. The number of nitrogens with zero attached hydrogens (tertiary/aromatic N) is 16. The van der Waals surface area contributed by atoms with Gasteiger partial charge in [0, 0.05) is 117 Å². The van der Waals surface area contributed by atoms with E-state index in [1.807, 2.05) is 54.6 Å². The summed E-state index contributed by atoms with van der Waals surface area (Å²) in [4.78, 5) is 82.7. The number of hydrogen-bond donors (Lipinski definition) is 1. The van der Waals surface area contributed by atoms with Crippen LogP contribution < -0.4 is 53.1 Å². The molecule has 3 saturated carbocycles. The van der Waals surface area contributed by atoms with Gasteiger partial charge >= 0.3 is 39.0 Å². The van der Waals surface area contributed by atoms with E-state index in [-0.39, 0.29) is 76.3 Å². The predicted molar refractivity (Wildman–Crippen MR) is 490 cm³/mol.